The Bertz CT molecular complexity index is 960. The third-order valence-corrected chi connectivity index (χ3v) is 7.06. The lowest BCUT2D eigenvalue weighted by molar-refractivity contribution is -0.0804. The van der Waals surface area contributed by atoms with E-state index < -0.39 is 0 Å². The Balaban J connectivity index is 1.40. The molecule has 0 bridgehead atoms. The Morgan fingerprint density at radius 2 is 2.23 bits per heavy atom. The highest BCUT2D eigenvalue weighted by atomic mass is 32.1. The van der Waals surface area contributed by atoms with Gasteiger partial charge in [-0.2, -0.15) is 11.3 Å². The molecule has 1 amide bonds. The second-order valence-corrected chi connectivity index (χ2v) is 8.74. The molecule has 0 radical (unpaired) electrons. The number of carbonyl (C=O) groups excluding carboxylic acids is 1. The Hall–Kier alpha value is -1.96. The van der Waals surface area contributed by atoms with Gasteiger partial charge in [-0.05, 0) is 41.8 Å². The number of carbonyl (C=O) groups is 1. The molecule has 0 aliphatic carbocycles. The Morgan fingerprint density at radius 1 is 1.31 bits per heavy atom. The van der Waals surface area contributed by atoms with Gasteiger partial charge in [0.25, 0.3) is 5.91 Å². The van der Waals surface area contributed by atoms with Crippen LogP contribution < -0.4 is 0 Å². The number of rotatable bonds is 2. The number of aryl methyl sites for hydroxylation is 1. The molecule has 0 unspecified atom stereocenters. The fourth-order valence-electron chi connectivity index (χ4n) is 3.90. The molecule has 5 rings (SSSR count). The quantitative estimate of drug-likeness (QED) is 0.674. The summed E-state index contributed by atoms with van der Waals surface area (Å²) in [6, 6.07) is 4.13. The number of nitrogens with zero attached hydrogens (tertiary/aromatic N) is 3. The minimum Gasteiger partial charge on any atom is -0.363 e. The lowest BCUT2D eigenvalue weighted by atomic mass is 10.0. The highest BCUT2D eigenvalue weighted by Gasteiger charge is 2.45. The van der Waals surface area contributed by atoms with Crippen LogP contribution in [0.4, 0.5) is 0 Å². The lowest BCUT2D eigenvalue weighted by Crippen LogP contribution is -2.45. The fourth-order valence-corrected chi connectivity index (χ4v) is 5.44. The normalized spacial score (nSPS) is 22.1. The summed E-state index contributed by atoms with van der Waals surface area (Å²) in [4.78, 5) is 20.2. The minimum absolute atomic E-state index is 0.132. The van der Waals surface area contributed by atoms with Crippen LogP contribution in [0.1, 0.15) is 27.5 Å². The Labute approximate surface area is 159 Å². The first kappa shape index (κ1) is 16.2. The molecule has 1 atom stereocenters. The van der Waals surface area contributed by atoms with Crippen molar-refractivity contribution in [1.29, 1.82) is 0 Å². The van der Waals surface area contributed by atoms with E-state index in [0.29, 0.717) is 13.2 Å². The van der Waals surface area contributed by atoms with Crippen molar-refractivity contribution in [3.63, 3.8) is 0 Å². The number of thiophene rings is 2. The van der Waals surface area contributed by atoms with Crippen molar-refractivity contribution in [3.8, 4) is 11.3 Å². The van der Waals surface area contributed by atoms with Gasteiger partial charge < -0.3 is 14.2 Å². The molecule has 1 fully saturated rings. The second kappa shape index (κ2) is 6.04. The van der Waals surface area contributed by atoms with Crippen LogP contribution in [0.25, 0.3) is 11.3 Å². The van der Waals surface area contributed by atoms with E-state index >= 15 is 0 Å². The van der Waals surface area contributed by atoms with Crippen molar-refractivity contribution in [2.24, 2.45) is 0 Å². The minimum atomic E-state index is -0.306. The molecule has 7 heteroatoms. The molecular formula is C19H19N3O2S2. The number of hydrogen-bond acceptors (Lipinski definition) is 5. The van der Waals surface area contributed by atoms with Gasteiger partial charge in [0.1, 0.15) is 18.0 Å². The summed E-state index contributed by atoms with van der Waals surface area (Å²) in [7, 11) is 0. The molecule has 1 spiro atoms. The Morgan fingerprint density at radius 3 is 3.00 bits per heavy atom. The molecule has 0 N–H and O–H groups in total. The van der Waals surface area contributed by atoms with Crippen molar-refractivity contribution in [3.05, 3.63) is 50.7 Å². The van der Waals surface area contributed by atoms with E-state index in [4.69, 9.17) is 4.74 Å². The molecule has 1 saturated heterocycles. The van der Waals surface area contributed by atoms with E-state index in [-0.39, 0.29) is 11.5 Å². The molecule has 5 nitrogen and oxygen atoms in total. The van der Waals surface area contributed by atoms with Crippen LogP contribution >= 0.6 is 22.7 Å². The van der Waals surface area contributed by atoms with Gasteiger partial charge in [-0.15, -0.1) is 11.3 Å². The summed E-state index contributed by atoms with van der Waals surface area (Å²) < 4.78 is 8.51. The number of hydrogen-bond donors (Lipinski definition) is 0. The third-order valence-electron chi connectivity index (χ3n) is 5.37. The maximum absolute atomic E-state index is 12.9. The van der Waals surface area contributed by atoms with Crippen LogP contribution in [0, 0.1) is 6.92 Å². The molecule has 26 heavy (non-hydrogen) atoms. The standard InChI is InChI=1S/C19H19N3O2S2/c1-13-2-7-26-17(13)18(23)21-5-4-19(11-21)12-22-15(14-3-6-25-10-14)8-20-16(22)9-24-19/h2-3,6-8,10H,4-5,9,11-12H2,1H3/t19-/m1/s1. The molecule has 5 heterocycles. The zero-order chi connectivity index (χ0) is 17.7. The maximum atomic E-state index is 12.9. The number of aromatic nitrogens is 2. The van der Waals surface area contributed by atoms with Crippen LogP contribution in [-0.4, -0.2) is 39.0 Å². The van der Waals surface area contributed by atoms with Crippen LogP contribution in [0.15, 0.2) is 34.5 Å². The van der Waals surface area contributed by atoms with Gasteiger partial charge >= 0.3 is 0 Å². The monoisotopic (exact) mass is 385 g/mol. The van der Waals surface area contributed by atoms with Gasteiger partial charge in [-0.1, -0.05) is 0 Å². The van der Waals surface area contributed by atoms with Gasteiger partial charge in [0.2, 0.25) is 0 Å². The topological polar surface area (TPSA) is 47.4 Å². The van der Waals surface area contributed by atoms with Gasteiger partial charge in [0.15, 0.2) is 0 Å². The van der Waals surface area contributed by atoms with Gasteiger partial charge in [0, 0.05) is 17.5 Å². The lowest BCUT2D eigenvalue weighted by Gasteiger charge is -2.35. The molecule has 2 aliphatic rings. The molecule has 0 aromatic carbocycles. The smallest absolute Gasteiger partial charge is 0.264 e. The van der Waals surface area contributed by atoms with Crippen LogP contribution in [0.5, 0.6) is 0 Å². The predicted octanol–water partition coefficient (Wildman–Crippen LogP) is 3.80. The first-order valence-corrected chi connectivity index (χ1v) is 10.5. The molecule has 2 aliphatic heterocycles. The van der Waals surface area contributed by atoms with Crippen LogP contribution in [0.3, 0.4) is 0 Å². The van der Waals surface area contributed by atoms with E-state index in [9.17, 15) is 4.79 Å². The molecule has 3 aromatic heterocycles. The summed E-state index contributed by atoms with van der Waals surface area (Å²) in [5.41, 5.74) is 3.09. The average Bonchev–Trinajstić information content (AvgIpc) is 3.41. The van der Waals surface area contributed by atoms with E-state index in [1.165, 1.54) is 16.9 Å². The number of fused-ring (bicyclic) bond motifs is 1. The predicted molar refractivity (Wildman–Crippen MR) is 103 cm³/mol. The van der Waals surface area contributed by atoms with E-state index in [1.54, 1.807) is 11.3 Å². The molecular weight excluding hydrogens is 366 g/mol. The summed E-state index contributed by atoms with van der Waals surface area (Å²) >= 11 is 3.22. The van der Waals surface area contributed by atoms with Crippen molar-refractivity contribution < 1.29 is 9.53 Å². The average molecular weight is 386 g/mol. The number of imidazole rings is 1. The Kier molecular flexibility index (Phi) is 3.77. The first-order valence-electron chi connectivity index (χ1n) is 8.70. The van der Waals surface area contributed by atoms with Gasteiger partial charge in [-0.3, -0.25) is 4.79 Å². The van der Waals surface area contributed by atoms with Crippen molar-refractivity contribution in [1.82, 2.24) is 14.5 Å². The third kappa shape index (κ3) is 2.53. The number of likely N-dealkylation sites (tertiary alicyclic amines) is 1. The summed E-state index contributed by atoms with van der Waals surface area (Å²) in [6.07, 6.45) is 2.80. The van der Waals surface area contributed by atoms with Crippen molar-refractivity contribution >= 4 is 28.6 Å². The number of ether oxygens (including phenoxy) is 1. The largest absolute Gasteiger partial charge is 0.363 e. The van der Waals surface area contributed by atoms with E-state index in [0.717, 1.165) is 41.5 Å². The van der Waals surface area contributed by atoms with E-state index in [1.807, 2.05) is 29.5 Å². The fraction of sp³-hybridized carbons (Fsp3) is 0.368. The zero-order valence-electron chi connectivity index (χ0n) is 14.5. The molecule has 134 valence electrons. The maximum Gasteiger partial charge on any atom is 0.264 e. The van der Waals surface area contributed by atoms with Crippen LogP contribution in [0.2, 0.25) is 0 Å². The van der Waals surface area contributed by atoms with Gasteiger partial charge in [-0.25, -0.2) is 4.98 Å². The van der Waals surface area contributed by atoms with Crippen LogP contribution in [-0.2, 0) is 17.9 Å². The highest BCUT2D eigenvalue weighted by molar-refractivity contribution is 7.12. The first-order chi connectivity index (χ1) is 12.7. The molecule has 3 aromatic rings. The summed E-state index contributed by atoms with van der Waals surface area (Å²) in [5.74, 6) is 1.10. The number of amides is 1. The van der Waals surface area contributed by atoms with Gasteiger partial charge in [0.05, 0.1) is 29.9 Å². The summed E-state index contributed by atoms with van der Waals surface area (Å²) in [5, 5.41) is 6.22. The van der Waals surface area contributed by atoms with Crippen molar-refractivity contribution in [2.75, 3.05) is 13.1 Å². The van der Waals surface area contributed by atoms with E-state index in [2.05, 4.69) is 26.4 Å². The second-order valence-electron chi connectivity index (χ2n) is 7.04. The highest BCUT2D eigenvalue weighted by Crippen LogP contribution is 2.36. The molecule has 0 saturated carbocycles. The van der Waals surface area contributed by atoms with Crippen molar-refractivity contribution in [2.45, 2.75) is 32.1 Å². The SMILES string of the molecule is Cc1ccsc1C(=O)N1CC[C@@]2(C1)Cn1c(-c3ccsc3)cnc1CO2. The zero-order valence-corrected chi connectivity index (χ0v) is 16.1. The summed E-state index contributed by atoms with van der Waals surface area (Å²) in [6.45, 7) is 4.64.